The fraction of sp³-hybridized carbons (Fsp3) is 0.381. The summed E-state index contributed by atoms with van der Waals surface area (Å²) < 4.78 is 19.7. The summed E-state index contributed by atoms with van der Waals surface area (Å²) in [5, 5.41) is 0. The lowest BCUT2D eigenvalue weighted by Crippen LogP contribution is -2.32. The van der Waals surface area contributed by atoms with E-state index in [0.29, 0.717) is 23.1 Å². The highest BCUT2D eigenvalue weighted by molar-refractivity contribution is 5.77. The first-order valence-corrected chi connectivity index (χ1v) is 9.05. The minimum absolute atomic E-state index is 0.314. The molecular weight excluding hydrogens is 315 g/mol. The normalized spacial score (nSPS) is 16.0. The highest BCUT2D eigenvalue weighted by atomic mass is 19.1. The molecule has 0 radical (unpaired) electrons. The van der Waals surface area contributed by atoms with Crippen LogP contribution in [0.25, 0.3) is 22.6 Å². The number of fused-ring (bicyclic) bond motifs is 1. The van der Waals surface area contributed by atoms with Crippen molar-refractivity contribution in [3.8, 4) is 11.5 Å². The van der Waals surface area contributed by atoms with Gasteiger partial charge in [0.25, 0.3) is 0 Å². The van der Waals surface area contributed by atoms with Crippen molar-refractivity contribution in [2.45, 2.75) is 44.7 Å². The van der Waals surface area contributed by atoms with Crippen LogP contribution in [0.3, 0.4) is 0 Å². The van der Waals surface area contributed by atoms with Gasteiger partial charge in [0.1, 0.15) is 11.3 Å². The molecule has 0 amide bonds. The fourth-order valence-electron chi connectivity index (χ4n) is 3.76. The van der Waals surface area contributed by atoms with Crippen molar-refractivity contribution < 1.29 is 8.81 Å². The van der Waals surface area contributed by atoms with Gasteiger partial charge in [0.05, 0.1) is 5.56 Å². The second-order valence-electron chi connectivity index (χ2n) is 7.01. The van der Waals surface area contributed by atoms with Crippen LogP contribution in [0.5, 0.6) is 0 Å². The van der Waals surface area contributed by atoms with E-state index in [9.17, 15) is 4.39 Å². The largest absolute Gasteiger partial charge is 0.436 e. The van der Waals surface area contributed by atoms with Gasteiger partial charge in [0, 0.05) is 12.6 Å². The van der Waals surface area contributed by atoms with Gasteiger partial charge in [-0.2, -0.15) is 0 Å². The number of nitrogens with zero attached hydrogens (tertiary/aromatic N) is 2. The monoisotopic (exact) mass is 338 g/mol. The number of benzene rings is 2. The molecule has 4 heteroatoms. The molecule has 1 fully saturated rings. The molecule has 3 aromatic rings. The maximum Gasteiger partial charge on any atom is 0.230 e. The van der Waals surface area contributed by atoms with Crippen LogP contribution >= 0.6 is 0 Å². The van der Waals surface area contributed by atoms with Crippen LogP contribution in [-0.2, 0) is 6.54 Å². The maximum atomic E-state index is 14.0. The number of oxazole rings is 1. The molecule has 25 heavy (non-hydrogen) atoms. The number of halogens is 1. The smallest absolute Gasteiger partial charge is 0.230 e. The number of hydrogen-bond donors (Lipinski definition) is 0. The summed E-state index contributed by atoms with van der Waals surface area (Å²) in [5.41, 5.74) is 3.10. The lowest BCUT2D eigenvalue weighted by atomic mass is 9.94. The summed E-state index contributed by atoms with van der Waals surface area (Å²) in [6.07, 6.45) is 6.63. The molecule has 4 rings (SSSR count). The maximum absolute atomic E-state index is 14.0. The minimum atomic E-state index is -0.314. The molecule has 2 aromatic carbocycles. The van der Waals surface area contributed by atoms with Crippen molar-refractivity contribution in [2.24, 2.45) is 0 Å². The van der Waals surface area contributed by atoms with Gasteiger partial charge < -0.3 is 4.42 Å². The Labute approximate surface area is 147 Å². The third kappa shape index (κ3) is 3.45. The van der Waals surface area contributed by atoms with Gasteiger partial charge in [0.2, 0.25) is 5.89 Å². The highest BCUT2D eigenvalue weighted by Crippen LogP contribution is 2.28. The number of aromatic nitrogens is 1. The molecule has 1 saturated carbocycles. The van der Waals surface area contributed by atoms with Crippen molar-refractivity contribution in [1.29, 1.82) is 0 Å². The Morgan fingerprint density at radius 2 is 1.92 bits per heavy atom. The molecule has 1 aliphatic carbocycles. The van der Waals surface area contributed by atoms with Gasteiger partial charge in [-0.05, 0) is 49.7 Å². The summed E-state index contributed by atoms with van der Waals surface area (Å²) in [6.45, 7) is 0.905. The van der Waals surface area contributed by atoms with E-state index in [2.05, 4.69) is 29.1 Å². The van der Waals surface area contributed by atoms with E-state index in [1.807, 2.05) is 6.07 Å². The molecule has 0 unspecified atom stereocenters. The van der Waals surface area contributed by atoms with Gasteiger partial charge in [-0.3, -0.25) is 4.90 Å². The lowest BCUT2D eigenvalue weighted by Gasteiger charge is -2.31. The quantitative estimate of drug-likeness (QED) is 0.638. The van der Waals surface area contributed by atoms with Gasteiger partial charge in [-0.25, -0.2) is 9.37 Å². The van der Waals surface area contributed by atoms with Crippen LogP contribution < -0.4 is 0 Å². The van der Waals surface area contributed by atoms with E-state index in [-0.39, 0.29) is 5.82 Å². The van der Waals surface area contributed by atoms with Gasteiger partial charge in [-0.15, -0.1) is 0 Å². The number of hydrogen-bond acceptors (Lipinski definition) is 3. The van der Waals surface area contributed by atoms with E-state index >= 15 is 0 Å². The van der Waals surface area contributed by atoms with Crippen molar-refractivity contribution in [2.75, 3.05) is 7.05 Å². The first-order chi connectivity index (χ1) is 12.2. The summed E-state index contributed by atoms with van der Waals surface area (Å²) in [5.74, 6) is 0.0252. The molecule has 1 aliphatic rings. The third-order valence-electron chi connectivity index (χ3n) is 5.19. The number of rotatable bonds is 4. The Hall–Kier alpha value is -2.20. The molecule has 1 heterocycles. The zero-order valence-corrected chi connectivity index (χ0v) is 14.5. The standard InChI is InChI=1S/C21H23FN2O/c1-24(16-7-3-2-4-8-16)14-15-11-12-20-19(13-15)23-21(25-20)17-9-5-6-10-18(17)22/h5-6,9-13,16H,2-4,7-8,14H2,1H3. The van der Waals surface area contributed by atoms with E-state index in [1.54, 1.807) is 18.2 Å². The zero-order valence-electron chi connectivity index (χ0n) is 14.5. The van der Waals surface area contributed by atoms with Crippen LogP contribution in [0.15, 0.2) is 46.9 Å². The Bertz CT molecular complexity index is 867. The van der Waals surface area contributed by atoms with Crippen molar-refractivity contribution in [3.63, 3.8) is 0 Å². The van der Waals surface area contributed by atoms with Crippen molar-refractivity contribution in [1.82, 2.24) is 9.88 Å². The van der Waals surface area contributed by atoms with Crippen LogP contribution in [0.1, 0.15) is 37.7 Å². The van der Waals surface area contributed by atoms with Crippen LogP contribution in [0, 0.1) is 5.82 Å². The Morgan fingerprint density at radius 3 is 2.72 bits per heavy atom. The van der Waals surface area contributed by atoms with Crippen molar-refractivity contribution in [3.05, 3.63) is 53.8 Å². The molecule has 3 nitrogen and oxygen atoms in total. The molecule has 0 spiro atoms. The molecule has 0 N–H and O–H groups in total. The van der Waals surface area contributed by atoms with Crippen LogP contribution in [0.2, 0.25) is 0 Å². The molecule has 0 bridgehead atoms. The lowest BCUT2D eigenvalue weighted by molar-refractivity contribution is 0.184. The summed E-state index contributed by atoms with van der Waals surface area (Å²) in [7, 11) is 2.20. The predicted octanol–water partition coefficient (Wildman–Crippen LogP) is 5.40. The first kappa shape index (κ1) is 16.3. The zero-order chi connectivity index (χ0) is 17.2. The van der Waals surface area contributed by atoms with Gasteiger partial charge in [-0.1, -0.05) is 37.5 Å². The molecule has 0 saturated heterocycles. The highest BCUT2D eigenvalue weighted by Gasteiger charge is 2.18. The first-order valence-electron chi connectivity index (χ1n) is 9.05. The SMILES string of the molecule is CN(Cc1ccc2oc(-c3ccccc3F)nc2c1)C1CCCCC1. The molecule has 130 valence electrons. The van der Waals surface area contributed by atoms with Crippen molar-refractivity contribution >= 4 is 11.1 Å². The van der Waals surface area contributed by atoms with Gasteiger partial charge in [0.15, 0.2) is 5.58 Å². The minimum Gasteiger partial charge on any atom is -0.436 e. The molecular formula is C21H23FN2O. The second kappa shape index (κ2) is 6.96. The van der Waals surface area contributed by atoms with Crippen LogP contribution in [0.4, 0.5) is 4.39 Å². The molecule has 0 atom stereocenters. The van der Waals surface area contributed by atoms with Crippen LogP contribution in [-0.4, -0.2) is 23.0 Å². The molecule has 1 aromatic heterocycles. The Kier molecular flexibility index (Phi) is 4.53. The van der Waals surface area contributed by atoms with E-state index in [0.717, 1.165) is 12.1 Å². The Balaban J connectivity index is 1.57. The van der Waals surface area contributed by atoms with E-state index < -0.39 is 0 Å². The topological polar surface area (TPSA) is 29.3 Å². The summed E-state index contributed by atoms with van der Waals surface area (Å²) in [6, 6.07) is 13.3. The van der Waals surface area contributed by atoms with Gasteiger partial charge >= 0.3 is 0 Å². The summed E-state index contributed by atoms with van der Waals surface area (Å²) >= 11 is 0. The average Bonchev–Trinajstić information content (AvgIpc) is 3.06. The summed E-state index contributed by atoms with van der Waals surface area (Å²) in [4.78, 5) is 6.94. The average molecular weight is 338 g/mol. The second-order valence-corrected chi connectivity index (χ2v) is 7.01. The van der Waals surface area contributed by atoms with E-state index in [1.165, 1.54) is 43.7 Å². The predicted molar refractivity (Wildman–Crippen MR) is 97.7 cm³/mol. The fourth-order valence-corrected chi connectivity index (χ4v) is 3.76. The van der Waals surface area contributed by atoms with E-state index in [4.69, 9.17) is 4.42 Å². The molecule has 0 aliphatic heterocycles. The third-order valence-corrected chi connectivity index (χ3v) is 5.19. The Morgan fingerprint density at radius 1 is 1.12 bits per heavy atom.